The summed E-state index contributed by atoms with van der Waals surface area (Å²) < 4.78 is 0. The van der Waals surface area contributed by atoms with Crippen molar-refractivity contribution in [1.29, 1.82) is 0 Å². The van der Waals surface area contributed by atoms with Gasteiger partial charge in [-0.2, -0.15) is 12.6 Å². The summed E-state index contributed by atoms with van der Waals surface area (Å²) in [7, 11) is 0. The number of H-pyrrole nitrogens is 1. The maximum Gasteiger partial charge on any atom is 0.208 e. The molecule has 0 saturated carbocycles. The van der Waals surface area contributed by atoms with Crippen molar-refractivity contribution in [2.45, 2.75) is 12.1 Å². The van der Waals surface area contributed by atoms with E-state index in [9.17, 15) is 0 Å². The molecule has 12 heavy (non-hydrogen) atoms. The number of hydrogen-bond donors (Lipinski definition) is 2. The molecule has 0 saturated heterocycles. The highest BCUT2D eigenvalue weighted by Gasteiger charge is 2.00. The molecule has 0 spiro atoms. The molecule has 1 N–H and O–H groups in total. The highest BCUT2D eigenvalue weighted by Crippen LogP contribution is 2.15. The predicted molar refractivity (Wildman–Crippen MR) is 54.8 cm³/mol. The summed E-state index contributed by atoms with van der Waals surface area (Å²) in [4.78, 5) is 4.15. The Morgan fingerprint density at radius 2 is 2.50 bits per heavy atom. The van der Waals surface area contributed by atoms with E-state index in [0.29, 0.717) is 0 Å². The molecule has 66 valence electrons. The third kappa shape index (κ3) is 2.91. The molecule has 0 aliphatic heterocycles. The van der Waals surface area contributed by atoms with Crippen LogP contribution in [-0.4, -0.2) is 26.7 Å². The second kappa shape index (κ2) is 4.57. The Kier molecular flexibility index (Phi) is 3.68. The van der Waals surface area contributed by atoms with Gasteiger partial charge in [0, 0.05) is 11.5 Å². The molecule has 1 aromatic rings. The van der Waals surface area contributed by atoms with Crippen molar-refractivity contribution in [2.24, 2.45) is 0 Å². The molecule has 1 aromatic heterocycles. The van der Waals surface area contributed by atoms with Crippen molar-refractivity contribution >= 4 is 24.4 Å². The molecule has 0 aliphatic carbocycles. The van der Waals surface area contributed by atoms with Gasteiger partial charge in [0.15, 0.2) is 0 Å². The summed E-state index contributed by atoms with van der Waals surface area (Å²) in [6.45, 7) is 5.71. The average Bonchev–Trinajstić information content (AvgIpc) is 2.47. The van der Waals surface area contributed by atoms with Crippen LogP contribution in [0, 0.1) is 6.92 Å². The van der Waals surface area contributed by atoms with Crippen LogP contribution in [0.3, 0.4) is 0 Å². The van der Waals surface area contributed by atoms with E-state index >= 15 is 0 Å². The minimum Gasteiger partial charge on any atom is -0.262 e. The molecule has 0 fully saturated rings. The zero-order valence-electron chi connectivity index (χ0n) is 6.87. The van der Waals surface area contributed by atoms with Crippen LogP contribution in [-0.2, 0) is 0 Å². The van der Waals surface area contributed by atoms with Gasteiger partial charge in [0.1, 0.15) is 5.82 Å². The van der Waals surface area contributed by atoms with Gasteiger partial charge in [-0.25, -0.2) is 4.98 Å². The van der Waals surface area contributed by atoms with Crippen LogP contribution in [0.15, 0.2) is 17.3 Å². The van der Waals surface area contributed by atoms with Gasteiger partial charge in [-0.15, -0.1) is 5.10 Å². The van der Waals surface area contributed by atoms with Gasteiger partial charge in [-0.1, -0.05) is 23.9 Å². The Bertz CT molecular complexity index is 269. The molecule has 3 nitrogen and oxygen atoms in total. The maximum absolute atomic E-state index is 4.15. The van der Waals surface area contributed by atoms with E-state index in [1.165, 1.54) is 0 Å². The van der Waals surface area contributed by atoms with Gasteiger partial charge < -0.3 is 0 Å². The van der Waals surface area contributed by atoms with Gasteiger partial charge in [0.2, 0.25) is 5.16 Å². The summed E-state index contributed by atoms with van der Waals surface area (Å²) in [5.41, 5.74) is 1.09. The number of aromatic nitrogens is 3. The highest BCUT2D eigenvalue weighted by molar-refractivity contribution is 7.99. The molecule has 5 heteroatoms. The fourth-order valence-electron chi connectivity index (χ4n) is 0.599. The van der Waals surface area contributed by atoms with E-state index in [2.05, 4.69) is 34.4 Å². The van der Waals surface area contributed by atoms with Crippen LogP contribution >= 0.6 is 24.4 Å². The maximum atomic E-state index is 4.15. The Morgan fingerprint density at radius 3 is 3.00 bits per heavy atom. The summed E-state index contributed by atoms with van der Waals surface area (Å²) in [5.74, 6) is 2.39. The van der Waals surface area contributed by atoms with Crippen LogP contribution in [0.25, 0.3) is 0 Å². The smallest absolute Gasteiger partial charge is 0.208 e. The van der Waals surface area contributed by atoms with Gasteiger partial charge >= 0.3 is 0 Å². The van der Waals surface area contributed by atoms with Gasteiger partial charge in [-0.05, 0) is 6.92 Å². The lowest BCUT2D eigenvalue weighted by atomic mass is 10.4. The van der Waals surface area contributed by atoms with Crippen molar-refractivity contribution < 1.29 is 0 Å². The van der Waals surface area contributed by atoms with Crippen LogP contribution < -0.4 is 0 Å². The molecule has 1 rings (SSSR count). The lowest BCUT2D eigenvalue weighted by Gasteiger charge is -1.96. The highest BCUT2D eigenvalue weighted by atomic mass is 32.2. The van der Waals surface area contributed by atoms with Crippen LogP contribution in [0.2, 0.25) is 0 Å². The fourth-order valence-corrected chi connectivity index (χ4v) is 1.61. The number of hydrogen-bond acceptors (Lipinski definition) is 4. The van der Waals surface area contributed by atoms with Crippen molar-refractivity contribution in [2.75, 3.05) is 11.5 Å². The third-order valence-electron chi connectivity index (χ3n) is 1.21. The fraction of sp³-hybridized carbons (Fsp3) is 0.429. The van der Waals surface area contributed by atoms with Gasteiger partial charge in [-0.3, -0.25) is 5.10 Å². The summed E-state index contributed by atoms with van der Waals surface area (Å²) in [6, 6.07) is 0. The molecule has 1 heterocycles. The SMILES string of the molecule is C=C(CS)CSc1n[nH]c(C)n1. The first kappa shape index (κ1) is 9.67. The van der Waals surface area contributed by atoms with Crippen LogP contribution in [0.4, 0.5) is 0 Å². The second-order valence-corrected chi connectivity index (χ2v) is 3.66. The van der Waals surface area contributed by atoms with E-state index in [-0.39, 0.29) is 0 Å². The standard InChI is InChI=1S/C7H11N3S2/c1-5(3-11)4-12-7-8-6(2)9-10-7/h11H,1,3-4H2,2H3,(H,8,9,10). The summed E-state index contributed by atoms with van der Waals surface area (Å²) >= 11 is 5.68. The minimum atomic E-state index is 0.719. The van der Waals surface area contributed by atoms with E-state index in [1.54, 1.807) is 11.8 Å². The topological polar surface area (TPSA) is 41.6 Å². The Balaban J connectivity index is 2.38. The molecule has 0 aliphatic rings. The summed E-state index contributed by atoms with van der Waals surface area (Å²) in [6.07, 6.45) is 0. The minimum absolute atomic E-state index is 0.719. The summed E-state index contributed by atoms with van der Waals surface area (Å²) in [5, 5.41) is 7.54. The molecule has 0 atom stereocenters. The molecule has 0 unspecified atom stereocenters. The number of thioether (sulfide) groups is 1. The number of rotatable bonds is 4. The first-order valence-electron chi connectivity index (χ1n) is 3.51. The van der Waals surface area contributed by atoms with Crippen LogP contribution in [0.1, 0.15) is 5.82 Å². The van der Waals surface area contributed by atoms with Gasteiger partial charge in [0.05, 0.1) is 0 Å². The van der Waals surface area contributed by atoms with Crippen molar-refractivity contribution in [3.8, 4) is 0 Å². The van der Waals surface area contributed by atoms with E-state index < -0.39 is 0 Å². The van der Waals surface area contributed by atoms with Crippen LogP contribution in [0.5, 0.6) is 0 Å². The second-order valence-electron chi connectivity index (χ2n) is 2.40. The molecule has 0 aromatic carbocycles. The lowest BCUT2D eigenvalue weighted by Crippen LogP contribution is -1.87. The predicted octanol–water partition coefficient (Wildman–Crippen LogP) is 1.69. The molecular weight excluding hydrogens is 190 g/mol. The first-order chi connectivity index (χ1) is 5.72. The quantitative estimate of drug-likeness (QED) is 0.442. The van der Waals surface area contributed by atoms with Crippen molar-refractivity contribution in [1.82, 2.24) is 15.2 Å². The third-order valence-corrected chi connectivity index (χ3v) is 2.65. The van der Waals surface area contributed by atoms with E-state index in [1.807, 2.05) is 6.92 Å². The molecular formula is C7H11N3S2. The zero-order valence-corrected chi connectivity index (χ0v) is 8.58. The normalized spacial score (nSPS) is 10.2. The van der Waals surface area contributed by atoms with Crippen molar-refractivity contribution in [3.05, 3.63) is 18.0 Å². The average molecular weight is 201 g/mol. The lowest BCUT2D eigenvalue weighted by molar-refractivity contribution is 0.970. The molecule has 0 radical (unpaired) electrons. The number of thiol groups is 1. The number of aryl methyl sites for hydroxylation is 1. The van der Waals surface area contributed by atoms with Crippen molar-refractivity contribution in [3.63, 3.8) is 0 Å². The van der Waals surface area contributed by atoms with E-state index in [0.717, 1.165) is 28.1 Å². The van der Waals surface area contributed by atoms with E-state index in [4.69, 9.17) is 0 Å². The Morgan fingerprint density at radius 1 is 1.75 bits per heavy atom. The zero-order chi connectivity index (χ0) is 8.97. The monoisotopic (exact) mass is 201 g/mol. The number of aromatic amines is 1. The molecule has 0 amide bonds. The first-order valence-corrected chi connectivity index (χ1v) is 5.13. The van der Waals surface area contributed by atoms with Gasteiger partial charge in [0.25, 0.3) is 0 Å². The molecule has 0 bridgehead atoms. The number of nitrogens with zero attached hydrogens (tertiary/aromatic N) is 2. The number of nitrogens with one attached hydrogen (secondary N) is 1. The Hall–Kier alpha value is -0.420. The largest absolute Gasteiger partial charge is 0.262 e. The Labute approximate surface area is 81.5 Å².